The van der Waals surface area contributed by atoms with Gasteiger partial charge in [0.25, 0.3) is 0 Å². The fourth-order valence-electron chi connectivity index (χ4n) is 1.75. The number of aromatic nitrogens is 3. The summed E-state index contributed by atoms with van der Waals surface area (Å²) in [6.45, 7) is 3.45. The van der Waals surface area contributed by atoms with Gasteiger partial charge in [-0.1, -0.05) is 17.9 Å². The molecule has 1 unspecified atom stereocenters. The number of aryl methyl sites for hydroxylation is 1. The molecule has 0 radical (unpaired) electrons. The number of benzene rings is 1. The predicted octanol–water partition coefficient (Wildman–Crippen LogP) is 1.13. The molecule has 1 atom stereocenters. The molecule has 0 saturated heterocycles. The van der Waals surface area contributed by atoms with E-state index in [1.807, 2.05) is 19.1 Å². The van der Waals surface area contributed by atoms with Crippen molar-refractivity contribution in [3.63, 3.8) is 0 Å². The van der Waals surface area contributed by atoms with Gasteiger partial charge in [0.15, 0.2) is 0 Å². The smallest absolute Gasteiger partial charge is 0.249 e. The second-order valence-corrected chi connectivity index (χ2v) is 4.53. The maximum Gasteiger partial charge on any atom is 0.249 e. The van der Waals surface area contributed by atoms with E-state index >= 15 is 0 Å². The number of carbonyl (C=O) groups is 1. The topological polar surface area (TPSA) is 80.0 Å². The Morgan fingerprint density at radius 2 is 2.33 bits per heavy atom. The molecular formula is C15H16N4O2. The first kappa shape index (κ1) is 14.8. The van der Waals surface area contributed by atoms with E-state index in [4.69, 9.17) is 5.11 Å². The molecule has 6 nitrogen and oxygen atoms in total. The number of hydrogen-bond acceptors (Lipinski definition) is 4. The van der Waals surface area contributed by atoms with Crippen molar-refractivity contribution in [2.24, 2.45) is 0 Å². The second kappa shape index (κ2) is 6.68. The van der Waals surface area contributed by atoms with Gasteiger partial charge in [-0.3, -0.25) is 4.79 Å². The maximum atomic E-state index is 12.2. The molecule has 1 aromatic heterocycles. The molecule has 108 valence electrons. The first-order chi connectivity index (χ1) is 10.1. The largest absolute Gasteiger partial charge is 0.384 e. The van der Waals surface area contributed by atoms with Gasteiger partial charge in [0.05, 0.1) is 0 Å². The Morgan fingerprint density at radius 1 is 1.52 bits per heavy atom. The fourth-order valence-corrected chi connectivity index (χ4v) is 1.75. The molecule has 0 aliphatic carbocycles. The highest BCUT2D eigenvalue weighted by molar-refractivity contribution is 5.94. The number of hydrogen-bond donors (Lipinski definition) is 2. The zero-order valence-electron chi connectivity index (χ0n) is 11.9. The van der Waals surface area contributed by atoms with Crippen LogP contribution in [0.4, 0.5) is 5.69 Å². The average Bonchev–Trinajstić information content (AvgIpc) is 3.01. The van der Waals surface area contributed by atoms with Crippen LogP contribution in [0.15, 0.2) is 30.9 Å². The van der Waals surface area contributed by atoms with Gasteiger partial charge in [0.1, 0.15) is 25.3 Å². The standard InChI is InChI=1S/C15H16N4O2/c1-11-5-6-13(4-3-7-20)8-14(11)18-15(21)12(2)19-10-16-9-17-19/h5-6,8-10,12,20H,7H2,1-2H3,(H,18,21). The van der Waals surface area contributed by atoms with Crippen LogP contribution in [0, 0.1) is 18.8 Å². The number of nitrogens with zero attached hydrogens (tertiary/aromatic N) is 3. The molecule has 1 amide bonds. The second-order valence-electron chi connectivity index (χ2n) is 4.53. The Hall–Kier alpha value is -2.65. The summed E-state index contributed by atoms with van der Waals surface area (Å²) in [7, 11) is 0. The fraction of sp³-hybridized carbons (Fsp3) is 0.267. The number of carbonyl (C=O) groups excluding carboxylic acids is 1. The Balaban J connectivity index is 2.16. The summed E-state index contributed by atoms with van der Waals surface area (Å²) >= 11 is 0. The van der Waals surface area contributed by atoms with Gasteiger partial charge in [-0.05, 0) is 31.5 Å². The van der Waals surface area contributed by atoms with Crippen molar-refractivity contribution in [1.82, 2.24) is 14.8 Å². The molecule has 21 heavy (non-hydrogen) atoms. The highest BCUT2D eigenvalue weighted by Gasteiger charge is 2.16. The van der Waals surface area contributed by atoms with Crippen LogP contribution in [0.3, 0.4) is 0 Å². The van der Waals surface area contributed by atoms with Gasteiger partial charge >= 0.3 is 0 Å². The molecule has 2 N–H and O–H groups in total. The number of nitrogens with one attached hydrogen (secondary N) is 1. The van der Waals surface area contributed by atoms with E-state index in [9.17, 15) is 4.79 Å². The lowest BCUT2D eigenvalue weighted by atomic mass is 10.1. The Kier molecular flexibility index (Phi) is 4.69. The number of amides is 1. The lowest BCUT2D eigenvalue weighted by molar-refractivity contribution is -0.119. The van der Waals surface area contributed by atoms with E-state index in [0.29, 0.717) is 5.69 Å². The first-order valence-corrected chi connectivity index (χ1v) is 6.47. The van der Waals surface area contributed by atoms with Gasteiger partial charge in [0.2, 0.25) is 5.91 Å². The van der Waals surface area contributed by atoms with Gasteiger partial charge in [0, 0.05) is 11.3 Å². The Morgan fingerprint density at radius 3 is 3.00 bits per heavy atom. The van der Waals surface area contributed by atoms with Crippen molar-refractivity contribution in [2.45, 2.75) is 19.9 Å². The lowest BCUT2D eigenvalue weighted by Gasteiger charge is -2.14. The molecule has 1 heterocycles. The Labute approximate surface area is 122 Å². The van der Waals surface area contributed by atoms with E-state index in [-0.39, 0.29) is 12.5 Å². The molecule has 0 spiro atoms. The highest BCUT2D eigenvalue weighted by Crippen LogP contribution is 2.18. The third-order valence-electron chi connectivity index (χ3n) is 3.02. The molecule has 0 aliphatic heterocycles. The van der Waals surface area contributed by atoms with Crippen LogP contribution in [0.5, 0.6) is 0 Å². The quantitative estimate of drug-likeness (QED) is 0.828. The van der Waals surface area contributed by atoms with Crippen molar-refractivity contribution in [3.05, 3.63) is 42.0 Å². The average molecular weight is 284 g/mol. The molecule has 2 rings (SSSR count). The minimum atomic E-state index is -0.459. The van der Waals surface area contributed by atoms with Crippen LogP contribution < -0.4 is 5.32 Å². The first-order valence-electron chi connectivity index (χ1n) is 6.47. The molecular weight excluding hydrogens is 268 g/mol. The zero-order chi connectivity index (χ0) is 15.2. The van der Waals surface area contributed by atoms with Crippen LogP contribution in [0.1, 0.15) is 24.1 Å². The molecule has 0 fully saturated rings. The van der Waals surface area contributed by atoms with Crippen LogP contribution in [-0.2, 0) is 4.79 Å². The molecule has 0 saturated carbocycles. The van der Waals surface area contributed by atoms with Gasteiger partial charge in [-0.2, -0.15) is 5.10 Å². The van der Waals surface area contributed by atoms with Crippen LogP contribution in [0.25, 0.3) is 0 Å². The normalized spacial score (nSPS) is 11.4. The predicted molar refractivity (Wildman–Crippen MR) is 78.5 cm³/mol. The minimum Gasteiger partial charge on any atom is -0.384 e. The summed E-state index contributed by atoms with van der Waals surface area (Å²) in [5, 5.41) is 15.5. The Bertz CT molecular complexity index is 683. The van der Waals surface area contributed by atoms with Crippen molar-refractivity contribution in [2.75, 3.05) is 11.9 Å². The van der Waals surface area contributed by atoms with Crippen LogP contribution >= 0.6 is 0 Å². The van der Waals surface area contributed by atoms with E-state index < -0.39 is 6.04 Å². The van der Waals surface area contributed by atoms with Crippen molar-refractivity contribution < 1.29 is 9.90 Å². The van der Waals surface area contributed by atoms with Gasteiger partial charge in [-0.25, -0.2) is 9.67 Å². The minimum absolute atomic E-state index is 0.184. The van der Waals surface area contributed by atoms with Crippen molar-refractivity contribution >= 4 is 11.6 Å². The highest BCUT2D eigenvalue weighted by atomic mass is 16.2. The molecule has 2 aromatic rings. The summed E-state index contributed by atoms with van der Waals surface area (Å²) in [4.78, 5) is 16.0. The third-order valence-corrected chi connectivity index (χ3v) is 3.02. The van der Waals surface area contributed by atoms with Gasteiger partial charge < -0.3 is 10.4 Å². The summed E-state index contributed by atoms with van der Waals surface area (Å²) in [6.07, 6.45) is 2.89. The van der Waals surface area contributed by atoms with Crippen molar-refractivity contribution in [3.8, 4) is 11.8 Å². The monoisotopic (exact) mass is 284 g/mol. The number of aliphatic hydroxyl groups is 1. The van der Waals surface area contributed by atoms with E-state index in [1.165, 1.54) is 17.3 Å². The van der Waals surface area contributed by atoms with E-state index in [0.717, 1.165) is 11.1 Å². The molecule has 0 aliphatic rings. The number of rotatable bonds is 3. The molecule has 0 bridgehead atoms. The summed E-state index contributed by atoms with van der Waals surface area (Å²) in [6, 6.07) is 5.04. The SMILES string of the molecule is Cc1ccc(C#CCO)cc1NC(=O)C(C)n1cncn1. The maximum absolute atomic E-state index is 12.2. The number of aliphatic hydroxyl groups excluding tert-OH is 1. The van der Waals surface area contributed by atoms with Crippen LogP contribution in [0.2, 0.25) is 0 Å². The third kappa shape index (κ3) is 3.68. The van der Waals surface area contributed by atoms with E-state index in [2.05, 4.69) is 27.2 Å². The molecule has 6 heteroatoms. The number of anilines is 1. The van der Waals surface area contributed by atoms with E-state index in [1.54, 1.807) is 13.0 Å². The lowest BCUT2D eigenvalue weighted by Crippen LogP contribution is -2.24. The summed E-state index contributed by atoms with van der Waals surface area (Å²) < 4.78 is 1.49. The van der Waals surface area contributed by atoms with Crippen molar-refractivity contribution in [1.29, 1.82) is 0 Å². The van der Waals surface area contributed by atoms with Gasteiger partial charge in [-0.15, -0.1) is 0 Å². The summed E-state index contributed by atoms with van der Waals surface area (Å²) in [5.41, 5.74) is 2.36. The molecule has 1 aromatic carbocycles. The summed E-state index contributed by atoms with van der Waals surface area (Å²) in [5.74, 6) is 5.21. The van der Waals surface area contributed by atoms with Crippen LogP contribution in [-0.4, -0.2) is 32.4 Å². The zero-order valence-corrected chi connectivity index (χ0v) is 11.9.